The predicted octanol–water partition coefficient (Wildman–Crippen LogP) is 4.29. The van der Waals surface area contributed by atoms with Gasteiger partial charge in [-0.2, -0.15) is 5.10 Å². The van der Waals surface area contributed by atoms with Crippen LogP contribution in [0.5, 0.6) is 0 Å². The van der Waals surface area contributed by atoms with E-state index >= 15 is 0 Å². The quantitative estimate of drug-likeness (QED) is 0.621. The first kappa shape index (κ1) is 18.9. The molecule has 0 unspecified atom stereocenters. The highest BCUT2D eigenvalue weighted by atomic mass is 16.2. The van der Waals surface area contributed by atoms with E-state index in [0.717, 1.165) is 36.1 Å². The minimum atomic E-state index is -0.785. The van der Waals surface area contributed by atoms with Gasteiger partial charge in [-0.1, -0.05) is 73.9 Å². The first-order valence-corrected chi connectivity index (χ1v) is 10.3. The summed E-state index contributed by atoms with van der Waals surface area (Å²) in [5.41, 5.74) is 6.22. The van der Waals surface area contributed by atoms with Gasteiger partial charge >= 0.3 is 0 Å². The van der Waals surface area contributed by atoms with Gasteiger partial charge in [0.05, 0.1) is 5.71 Å². The molecule has 1 saturated carbocycles. The first-order valence-electron chi connectivity index (χ1n) is 10.3. The Hall–Kier alpha value is -2.46. The summed E-state index contributed by atoms with van der Waals surface area (Å²) in [5, 5.41) is 8.18. The van der Waals surface area contributed by atoms with Crippen molar-refractivity contribution >= 4 is 11.6 Å². The fourth-order valence-corrected chi connectivity index (χ4v) is 4.87. The van der Waals surface area contributed by atoms with Crippen molar-refractivity contribution in [2.75, 3.05) is 0 Å². The van der Waals surface area contributed by atoms with Gasteiger partial charge in [-0.25, -0.2) is 5.43 Å². The maximum atomic E-state index is 13.4. The highest BCUT2D eigenvalue weighted by Gasteiger charge is 2.48. The standard InChI is InChI=1S/C24H29N3O/c1-18(19-11-5-3-6-12-19)25-26-22(28)23(2)21-14-8-7-13-20(21)17-24(27-23)15-9-4-10-16-24/h3,5-8,11-14,27H,4,9-10,15-17H2,1-2H3,(H,26,28)/b25-18-/t23-/m0/s1. The molecule has 4 heteroatoms. The number of carbonyl (C=O) groups excluding carboxylic acids is 1. The molecule has 2 N–H and O–H groups in total. The lowest BCUT2D eigenvalue weighted by molar-refractivity contribution is -0.129. The van der Waals surface area contributed by atoms with Crippen LogP contribution in [0, 0.1) is 0 Å². The summed E-state index contributed by atoms with van der Waals surface area (Å²) in [6.45, 7) is 3.92. The molecule has 146 valence electrons. The normalized spacial score (nSPS) is 23.9. The summed E-state index contributed by atoms with van der Waals surface area (Å²) in [5.74, 6) is -0.0973. The number of rotatable bonds is 3. The highest BCUT2D eigenvalue weighted by Crippen LogP contribution is 2.41. The third kappa shape index (κ3) is 3.49. The van der Waals surface area contributed by atoms with Crippen LogP contribution in [-0.4, -0.2) is 17.2 Å². The first-order chi connectivity index (χ1) is 13.5. The van der Waals surface area contributed by atoms with Crippen LogP contribution in [0.4, 0.5) is 0 Å². The van der Waals surface area contributed by atoms with Crippen LogP contribution < -0.4 is 10.7 Å². The summed E-state index contributed by atoms with van der Waals surface area (Å²) in [4.78, 5) is 13.4. The Kier molecular flexibility index (Phi) is 5.07. The smallest absolute Gasteiger partial charge is 0.264 e. The third-order valence-electron chi connectivity index (χ3n) is 6.38. The second kappa shape index (κ2) is 7.51. The van der Waals surface area contributed by atoms with Crippen molar-refractivity contribution in [1.82, 2.24) is 10.7 Å². The largest absolute Gasteiger partial charge is 0.294 e. The van der Waals surface area contributed by atoms with Gasteiger partial charge in [0.1, 0.15) is 5.54 Å². The van der Waals surface area contributed by atoms with Crippen LogP contribution >= 0.6 is 0 Å². The van der Waals surface area contributed by atoms with Crippen molar-refractivity contribution in [2.24, 2.45) is 5.10 Å². The van der Waals surface area contributed by atoms with Gasteiger partial charge in [0.2, 0.25) is 0 Å². The molecule has 1 atom stereocenters. The number of hydrazone groups is 1. The average molecular weight is 376 g/mol. The number of nitrogens with one attached hydrogen (secondary N) is 2. The Balaban J connectivity index is 1.63. The van der Waals surface area contributed by atoms with Crippen LogP contribution in [0.25, 0.3) is 0 Å². The van der Waals surface area contributed by atoms with Gasteiger partial charge in [-0.3, -0.25) is 10.1 Å². The van der Waals surface area contributed by atoms with Gasteiger partial charge in [-0.15, -0.1) is 0 Å². The summed E-state index contributed by atoms with van der Waals surface area (Å²) in [7, 11) is 0. The minimum absolute atomic E-state index is 0.0108. The summed E-state index contributed by atoms with van der Waals surface area (Å²) in [6, 6.07) is 18.3. The van der Waals surface area contributed by atoms with E-state index in [9.17, 15) is 4.79 Å². The number of amides is 1. The van der Waals surface area contributed by atoms with Crippen LogP contribution in [-0.2, 0) is 16.8 Å². The molecule has 2 aromatic rings. The molecule has 1 heterocycles. The van der Waals surface area contributed by atoms with Crippen molar-refractivity contribution in [3.63, 3.8) is 0 Å². The van der Waals surface area contributed by atoms with Crippen LogP contribution in [0.3, 0.4) is 0 Å². The van der Waals surface area contributed by atoms with Gasteiger partial charge < -0.3 is 0 Å². The van der Waals surface area contributed by atoms with Crippen LogP contribution in [0.1, 0.15) is 62.6 Å². The molecule has 28 heavy (non-hydrogen) atoms. The van der Waals surface area contributed by atoms with E-state index in [1.807, 2.05) is 50.2 Å². The maximum absolute atomic E-state index is 13.4. The molecule has 1 spiro atoms. The SMILES string of the molecule is C/C(=N/NC(=O)[C@@]1(C)NC2(CCCCC2)Cc2ccccc21)c1ccccc1. The van der Waals surface area contributed by atoms with E-state index in [1.54, 1.807) is 0 Å². The maximum Gasteiger partial charge on any atom is 0.264 e. The average Bonchev–Trinajstić information content (AvgIpc) is 2.73. The summed E-state index contributed by atoms with van der Waals surface area (Å²) < 4.78 is 0. The topological polar surface area (TPSA) is 53.5 Å². The molecule has 4 nitrogen and oxygen atoms in total. The van der Waals surface area contributed by atoms with Crippen molar-refractivity contribution in [3.05, 3.63) is 71.3 Å². The molecule has 1 amide bonds. The molecule has 1 aliphatic carbocycles. The summed E-state index contributed by atoms with van der Waals surface area (Å²) in [6.07, 6.45) is 6.97. The van der Waals surface area contributed by atoms with Crippen molar-refractivity contribution < 1.29 is 4.79 Å². The number of benzene rings is 2. The van der Waals surface area contributed by atoms with E-state index in [1.165, 1.54) is 24.8 Å². The number of hydrogen-bond acceptors (Lipinski definition) is 3. The molecule has 1 fully saturated rings. The van der Waals surface area contributed by atoms with E-state index in [0.29, 0.717) is 0 Å². The zero-order valence-corrected chi connectivity index (χ0v) is 16.8. The monoisotopic (exact) mass is 375 g/mol. The number of fused-ring (bicyclic) bond motifs is 1. The molecular weight excluding hydrogens is 346 g/mol. The number of carbonyl (C=O) groups is 1. The molecule has 2 aliphatic rings. The Labute approximate surface area is 167 Å². The predicted molar refractivity (Wildman–Crippen MR) is 113 cm³/mol. The molecule has 0 radical (unpaired) electrons. The Morgan fingerprint density at radius 1 is 1.00 bits per heavy atom. The van der Waals surface area contributed by atoms with E-state index in [-0.39, 0.29) is 11.4 Å². The minimum Gasteiger partial charge on any atom is -0.294 e. The number of nitrogens with zero attached hydrogens (tertiary/aromatic N) is 1. The summed E-state index contributed by atoms with van der Waals surface area (Å²) >= 11 is 0. The zero-order chi connectivity index (χ0) is 19.6. The van der Waals surface area contributed by atoms with Crippen LogP contribution in [0.15, 0.2) is 59.7 Å². The second-order valence-electron chi connectivity index (χ2n) is 8.43. The lowest BCUT2D eigenvalue weighted by Gasteiger charge is -2.49. The fraction of sp³-hybridized carbons (Fsp3) is 0.417. The zero-order valence-electron chi connectivity index (χ0n) is 16.8. The lowest BCUT2D eigenvalue weighted by Crippen LogP contribution is -2.65. The molecule has 0 aromatic heterocycles. The molecule has 0 bridgehead atoms. The van der Waals surface area contributed by atoms with Crippen molar-refractivity contribution in [3.8, 4) is 0 Å². The molecule has 2 aromatic carbocycles. The Bertz CT molecular complexity index is 884. The lowest BCUT2D eigenvalue weighted by atomic mass is 9.69. The highest BCUT2D eigenvalue weighted by molar-refractivity contribution is 5.99. The van der Waals surface area contributed by atoms with Gasteiger partial charge in [0, 0.05) is 5.54 Å². The van der Waals surface area contributed by atoms with E-state index in [2.05, 4.69) is 34.0 Å². The Morgan fingerprint density at radius 3 is 2.43 bits per heavy atom. The second-order valence-corrected chi connectivity index (χ2v) is 8.43. The van der Waals surface area contributed by atoms with E-state index in [4.69, 9.17) is 0 Å². The molecular formula is C24H29N3O. The van der Waals surface area contributed by atoms with Crippen LogP contribution in [0.2, 0.25) is 0 Å². The fourth-order valence-electron chi connectivity index (χ4n) is 4.87. The Morgan fingerprint density at radius 2 is 1.68 bits per heavy atom. The van der Waals surface area contributed by atoms with E-state index < -0.39 is 5.54 Å². The van der Waals surface area contributed by atoms with Crippen molar-refractivity contribution in [2.45, 2.75) is 63.5 Å². The number of hydrogen-bond donors (Lipinski definition) is 2. The molecule has 0 saturated heterocycles. The molecule has 4 rings (SSSR count). The third-order valence-corrected chi connectivity index (χ3v) is 6.38. The van der Waals surface area contributed by atoms with Crippen molar-refractivity contribution in [1.29, 1.82) is 0 Å². The van der Waals surface area contributed by atoms with Gasteiger partial charge in [0.15, 0.2) is 0 Å². The van der Waals surface area contributed by atoms with Gasteiger partial charge in [0.25, 0.3) is 5.91 Å². The van der Waals surface area contributed by atoms with Gasteiger partial charge in [-0.05, 0) is 49.8 Å². The molecule has 1 aliphatic heterocycles.